The molecule has 0 spiro atoms. The Hall–Kier alpha value is -1.96. The average molecular weight is 297 g/mol. The number of para-hydroxylation sites is 1. The molecule has 2 heteroatoms. The molecule has 2 nitrogen and oxygen atoms in total. The lowest BCUT2D eigenvalue weighted by Gasteiger charge is -2.16. The van der Waals surface area contributed by atoms with Gasteiger partial charge in [-0.3, -0.25) is 0 Å². The standard InChI is InChI=1S/C20H27NO/c1-14(2)18-8-6-7-9-19(18)22-11-10-21-20-16(4)12-15(3)13-17(20)5/h6-9,12-14,21H,10-11H2,1-5H3. The van der Waals surface area contributed by atoms with Gasteiger partial charge < -0.3 is 10.1 Å². The molecule has 0 heterocycles. The van der Waals surface area contributed by atoms with Crippen LogP contribution in [0.2, 0.25) is 0 Å². The zero-order valence-corrected chi connectivity index (χ0v) is 14.4. The average Bonchev–Trinajstić information content (AvgIpc) is 2.45. The monoisotopic (exact) mass is 297 g/mol. The number of hydrogen-bond donors (Lipinski definition) is 1. The van der Waals surface area contributed by atoms with Crippen LogP contribution in [0, 0.1) is 20.8 Å². The zero-order chi connectivity index (χ0) is 16.1. The minimum absolute atomic E-state index is 0.478. The highest BCUT2D eigenvalue weighted by atomic mass is 16.5. The van der Waals surface area contributed by atoms with Gasteiger partial charge in [0.1, 0.15) is 12.4 Å². The molecule has 22 heavy (non-hydrogen) atoms. The van der Waals surface area contributed by atoms with E-state index in [0.29, 0.717) is 12.5 Å². The predicted molar refractivity (Wildman–Crippen MR) is 95.2 cm³/mol. The minimum atomic E-state index is 0.478. The largest absolute Gasteiger partial charge is 0.491 e. The van der Waals surface area contributed by atoms with E-state index in [-0.39, 0.29) is 0 Å². The number of benzene rings is 2. The lowest BCUT2D eigenvalue weighted by Crippen LogP contribution is -2.14. The molecule has 2 aromatic rings. The van der Waals surface area contributed by atoms with Crippen molar-refractivity contribution < 1.29 is 4.74 Å². The van der Waals surface area contributed by atoms with Crippen LogP contribution in [-0.4, -0.2) is 13.2 Å². The molecule has 0 amide bonds. The van der Waals surface area contributed by atoms with Gasteiger partial charge in [-0.05, 0) is 49.4 Å². The molecule has 1 N–H and O–H groups in total. The van der Waals surface area contributed by atoms with E-state index in [0.717, 1.165) is 12.3 Å². The normalized spacial score (nSPS) is 10.8. The zero-order valence-electron chi connectivity index (χ0n) is 14.4. The summed E-state index contributed by atoms with van der Waals surface area (Å²) in [6.07, 6.45) is 0. The molecule has 2 aromatic carbocycles. The van der Waals surface area contributed by atoms with Crippen LogP contribution in [0.4, 0.5) is 5.69 Å². The van der Waals surface area contributed by atoms with Crippen molar-refractivity contribution in [2.24, 2.45) is 0 Å². The molecule has 0 saturated carbocycles. The van der Waals surface area contributed by atoms with Crippen LogP contribution in [0.1, 0.15) is 42.0 Å². The maximum Gasteiger partial charge on any atom is 0.122 e. The quantitative estimate of drug-likeness (QED) is 0.737. The first-order valence-electron chi connectivity index (χ1n) is 8.02. The van der Waals surface area contributed by atoms with Gasteiger partial charge in [0.25, 0.3) is 0 Å². The maximum atomic E-state index is 5.96. The van der Waals surface area contributed by atoms with Gasteiger partial charge in [-0.25, -0.2) is 0 Å². The Labute approximate surface area is 134 Å². The van der Waals surface area contributed by atoms with E-state index < -0.39 is 0 Å². The summed E-state index contributed by atoms with van der Waals surface area (Å²) in [6, 6.07) is 12.7. The third kappa shape index (κ3) is 4.03. The summed E-state index contributed by atoms with van der Waals surface area (Å²) in [6.45, 7) is 12.3. The van der Waals surface area contributed by atoms with E-state index in [4.69, 9.17) is 4.74 Å². The van der Waals surface area contributed by atoms with E-state index in [1.54, 1.807) is 0 Å². The highest BCUT2D eigenvalue weighted by Gasteiger charge is 2.07. The number of rotatable bonds is 6. The number of ether oxygens (including phenoxy) is 1. The van der Waals surface area contributed by atoms with E-state index >= 15 is 0 Å². The van der Waals surface area contributed by atoms with Crippen molar-refractivity contribution in [2.75, 3.05) is 18.5 Å². The molecule has 0 saturated heterocycles. The lowest BCUT2D eigenvalue weighted by molar-refractivity contribution is 0.328. The van der Waals surface area contributed by atoms with Gasteiger partial charge >= 0.3 is 0 Å². The summed E-state index contributed by atoms with van der Waals surface area (Å²) in [5.41, 5.74) is 6.39. The van der Waals surface area contributed by atoms with E-state index in [9.17, 15) is 0 Å². The van der Waals surface area contributed by atoms with Crippen molar-refractivity contribution in [2.45, 2.75) is 40.5 Å². The van der Waals surface area contributed by atoms with E-state index in [1.807, 2.05) is 6.07 Å². The first-order valence-corrected chi connectivity index (χ1v) is 8.02. The van der Waals surface area contributed by atoms with Crippen LogP contribution in [0.25, 0.3) is 0 Å². The number of nitrogens with one attached hydrogen (secondary N) is 1. The summed E-state index contributed by atoms with van der Waals surface area (Å²) >= 11 is 0. The van der Waals surface area contributed by atoms with Crippen LogP contribution in [-0.2, 0) is 0 Å². The van der Waals surface area contributed by atoms with Crippen molar-refractivity contribution in [1.82, 2.24) is 0 Å². The highest BCUT2D eigenvalue weighted by molar-refractivity contribution is 5.58. The number of aryl methyl sites for hydroxylation is 3. The van der Waals surface area contributed by atoms with Gasteiger partial charge in [-0.2, -0.15) is 0 Å². The second kappa shape index (κ2) is 7.35. The Morgan fingerprint density at radius 2 is 1.64 bits per heavy atom. The smallest absolute Gasteiger partial charge is 0.122 e. The molecular weight excluding hydrogens is 270 g/mol. The van der Waals surface area contributed by atoms with Crippen molar-refractivity contribution in [3.63, 3.8) is 0 Å². The van der Waals surface area contributed by atoms with E-state index in [1.165, 1.54) is 27.9 Å². The lowest BCUT2D eigenvalue weighted by atomic mass is 10.0. The van der Waals surface area contributed by atoms with Crippen molar-refractivity contribution >= 4 is 5.69 Å². The molecule has 0 radical (unpaired) electrons. The second-order valence-electron chi connectivity index (χ2n) is 6.24. The van der Waals surface area contributed by atoms with Gasteiger partial charge in [0, 0.05) is 12.2 Å². The Bertz CT molecular complexity index is 608. The fourth-order valence-corrected chi connectivity index (χ4v) is 2.88. The van der Waals surface area contributed by atoms with Crippen LogP contribution in [0.3, 0.4) is 0 Å². The molecular formula is C20H27NO. The molecule has 0 unspecified atom stereocenters. The van der Waals surface area contributed by atoms with E-state index in [2.05, 4.69) is 70.3 Å². The summed E-state index contributed by atoms with van der Waals surface area (Å²) in [5, 5.41) is 3.50. The molecule has 0 atom stereocenters. The third-order valence-electron chi connectivity index (χ3n) is 3.88. The van der Waals surface area contributed by atoms with Crippen molar-refractivity contribution in [3.05, 3.63) is 58.7 Å². The fraction of sp³-hybridized carbons (Fsp3) is 0.400. The van der Waals surface area contributed by atoms with Crippen molar-refractivity contribution in [1.29, 1.82) is 0 Å². The summed E-state index contributed by atoms with van der Waals surface area (Å²) in [5.74, 6) is 1.47. The molecule has 0 aliphatic rings. The van der Waals surface area contributed by atoms with Crippen LogP contribution >= 0.6 is 0 Å². The number of hydrogen-bond acceptors (Lipinski definition) is 2. The van der Waals surface area contributed by atoms with Gasteiger partial charge in [0.15, 0.2) is 0 Å². The Morgan fingerprint density at radius 3 is 2.27 bits per heavy atom. The molecule has 2 rings (SSSR count). The summed E-state index contributed by atoms with van der Waals surface area (Å²) in [7, 11) is 0. The number of anilines is 1. The van der Waals surface area contributed by atoms with Crippen LogP contribution in [0.15, 0.2) is 36.4 Å². The van der Waals surface area contributed by atoms with Gasteiger partial charge in [0.05, 0.1) is 0 Å². The molecule has 0 fully saturated rings. The summed E-state index contributed by atoms with van der Waals surface area (Å²) in [4.78, 5) is 0. The fourth-order valence-electron chi connectivity index (χ4n) is 2.88. The molecule has 0 aliphatic carbocycles. The van der Waals surface area contributed by atoms with Crippen LogP contribution in [0.5, 0.6) is 5.75 Å². The Kier molecular flexibility index (Phi) is 5.48. The molecule has 0 aromatic heterocycles. The summed E-state index contributed by atoms with van der Waals surface area (Å²) < 4.78 is 5.96. The topological polar surface area (TPSA) is 21.3 Å². The molecule has 118 valence electrons. The van der Waals surface area contributed by atoms with Crippen molar-refractivity contribution in [3.8, 4) is 5.75 Å². The van der Waals surface area contributed by atoms with Gasteiger partial charge in [0.2, 0.25) is 0 Å². The second-order valence-corrected chi connectivity index (χ2v) is 6.24. The maximum absolute atomic E-state index is 5.96. The minimum Gasteiger partial charge on any atom is -0.491 e. The van der Waals surface area contributed by atoms with Gasteiger partial charge in [-0.1, -0.05) is 49.7 Å². The predicted octanol–water partition coefficient (Wildman–Crippen LogP) is 5.23. The Morgan fingerprint density at radius 1 is 1.00 bits per heavy atom. The Balaban J connectivity index is 1.93. The molecule has 0 aliphatic heterocycles. The van der Waals surface area contributed by atoms with Crippen LogP contribution < -0.4 is 10.1 Å². The first kappa shape index (κ1) is 16.4. The molecule has 0 bridgehead atoms. The highest BCUT2D eigenvalue weighted by Crippen LogP contribution is 2.26. The first-order chi connectivity index (χ1) is 10.5. The third-order valence-corrected chi connectivity index (χ3v) is 3.88. The van der Waals surface area contributed by atoms with Gasteiger partial charge in [-0.15, -0.1) is 0 Å². The SMILES string of the molecule is Cc1cc(C)c(NCCOc2ccccc2C(C)C)c(C)c1.